The highest BCUT2D eigenvalue weighted by Gasteiger charge is 2.16. The summed E-state index contributed by atoms with van der Waals surface area (Å²) in [6.07, 6.45) is 0. The van der Waals surface area contributed by atoms with Crippen LogP contribution in [0.3, 0.4) is 0 Å². The number of nitrogens with one attached hydrogen (secondary N) is 3. The first-order valence-corrected chi connectivity index (χ1v) is 11.3. The second kappa shape index (κ2) is 9.31. The zero-order valence-corrected chi connectivity index (χ0v) is 18.8. The Morgan fingerprint density at radius 2 is 1.62 bits per heavy atom. The number of aryl methyl sites for hydroxylation is 1. The summed E-state index contributed by atoms with van der Waals surface area (Å²) in [5.74, 6) is -0.0777. The fourth-order valence-electron chi connectivity index (χ4n) is 2.79. The minimum Gasteiger partial charge on any atom is -0.381 e. The molecule has 7 heteroatoms. The third-order valence-electron chi connectivity index (χ3n) is 4.53. The van der Waals surface area contributed by atoms with Gasteiger partial charge in [-0.3, -0.25) is 9.52 Å². The maximum Gasteiger partial charge on any atom is 0.251 e. The number of benzene rings is 2. The first-order valence-electron chi connectivity index (χ1n) is 9.76. The fourth-order valence-corrected chi connectivity index (χ4v) is 3.49. The molecule has 0 unspecified atom stereocenters. The van der Waals surface area contributed by atoms with Crippen molar-refractivity contribution in [2.75, 3.05) is 10.0 Å². The number of hydrogen-bond donors (Lipinski definition) is 3. The Hall–Kier alpha value is -2.54. The molecule has 0 bridgehead atoms. The molecule has 0 atom stereocenters. The van der Waals surface area contributed by atoms with Gasteiger partial charge in [-0.15, -0.1) is 0 Å². The Labute approximate surface area is 174 Å². The lowest BCUT2D eigenvalue weighted by molar-refractivity contribution is 0.0942. The van der Waals surface area contributed by atoms with Gasteiger partial charge in [-0.05, 0) is 82.5 Å². The molecule has 1 amide bonds. The van der Waals surface area contributed by atoms with E-state index in [-0.39, 0.29) is 11.9 Å². The van der Waals surface area contributed by atoms with Gasteiger partial charge in [-0.2, -0.15) is 0 Å². The lowest BCUT2D eigenvalue weighted by atomic mass is 10.0. The molecule has 0 saturated heterocycles. The van der Waals surface area contributed by atoms with Crippen LogP contribution in [-0.4, -0.2) is 25.6 Å². The van der Waals surface area contributed by atoms with E-state index in [9.17, 15) is 13.2 Å². The number of amides is 1. The van der Waals surface area contributed by atoms with Gasteiger partial charge < -0.3 is 10.6 Å². The quantitative estimate of drug-likeness (QED) is 0.601. The Morgan fingerprint density at radius 1 is 1.00 bits per heavy atom. The van der Waals surface area contributed by atoms with Crippen molar-refractivity contribution in [3.8, 4) is 0 Å². The van der Waals surface area contributed by atoms with Crippen molar-refractivity contribution >= 4 is 27.3 Å². The molecule has 6 nitrogen and oxygen atoms in total. The molecule has 0 aliphatic rings. The van der Waals surface area contributed by atoms with E-state index in [1.54, 1.807) is 26.0 Å². The summed E-state index contributed by atoms with van der Waals surface area (Å²) in [4.78, 5) is 12.5. The van der Waals surface area contributed by atoms with Crippen molar-refractivity contribution in [1.29, 1.82) is 0 Å². The highest BCUT2D eigenvalue weighted by Crippen LogP contribution is 2.23. The summed E-state index contributed by atoms with van der Waals surface area (Å²) in [5.41, 5.74) is 5.03. The molecule has 0 spiro atoms. The molecule has 0 heterocycles. The van der Waals surface area contributed by atoms with Gasteiger partial charge in [0.1, 0.15) is 0 Å². The molecular weight excluding hydrogens is 386 g/mol. The average Bonchev–Trinajstić information content (AvgIpc) is 2.62. The van der Waals surface area contributed by atoms with Gasteiger partial charge in [0, 0.05) is 29.5 Å². The lowest BCUT2D eigenvalue weighted by Gasteiger charge is -2.16. The largest absolute Gasteiger partial charge is 0.381 e. The molecule has 3 N–H and O–H groups in total. The first kappa shape index (κ1) is 22.7. The van der Waals surface area contributed by atoms with Crippen molar-refractivity contribution in [2.45, 2.75) is 59.4 Å². The van der Waals surface area contributed by atoms with Crippen molar-refractivity contribution in [1.82, 2.24) is 5.32 Å². The highest BCUT2D eigenvalue weighted by molar-refractivity contribution is 7.93. The van der Waals surface area contributed by atoms with Gasteiger partial charge in [-0.25, -0.2) is 8.42 Å². The summed E-state index contributed by atoms with van der Waals surface area (Å²) in [7, 11) is -3.35. The number of carbonyl (C=O) groups excluding carboxylic acids is 1. The third kappa shape index (κ3) is 6.22. The first-order chi connectivity index (χ1) is 13.5. The summed E-state index contributed by atoms with van der Waals surface area (Å²) in [6.45, 7) is 11.6. The predicted octanol–water partition coefficient (Wildman–Crippen LogP) is 4.20. The lowest BCUT2D eigenvalue weighted by Crippen LogP contribution is -2.30. The zero-order valence-electron chi connectivity index (χ0n) is 18.0. The van der Waals surface area contributed by atoms with Crippen molar-refractivity contribution in [2.24, 2.45) is 0 Å². The van der Waals surface area contributed by atoms with Crippen LogP contribution >= 0.6 is 0 Å². The van der Waals surface area contributed by atoms with Crippen LogP contribution in [0.4, 0.5) is 11.4 Å². The van der Waals surface area contributed by atoms with E-state index in [1.807, 2.05) is 52.0 Å². The topological polar surface area (TPSA) is 87.3 Å². The summed E-state index contributed by atoms with van der Waals surface area (Å²) in [6, 6.07) is 11.3. The Kier molecular flexibility index (Phi) is 7.30. The number of anilines is 2. The van der Waals surface area contributed by atoms with Crippen LogP contribution in [0.15, 0.2) is 36.4 Å². The molecule has 2 aromatic carbocycles. The van der Waals surface area contributed by atoms with E-state index in [0.29, 0.717) is 17.8 Å². The normalized spacial score (nSPS) is 11.6. The van der Waals surface area contributed by atoms with Crippen LogP contribution in [0.2, 0.25) is 0 Å². The smallest absolute Gasteiger partial charge is 0.251 e. The van der Waals surface area contributed by atoms with E-state index in [2.05, 4.69) is 15.4 Å². The van der Waals surface area contributed by atoms with E-state index in [0.717, 1.165) is 22.4 Å². The van der Waals surface area contributed by atoms with E-state index in [4.69, 9.17) is 0 Å². The summed E-state index contributed by atoms with van der Waals surface area (Å²) in [5, 5.41) is 5.83. The van der Waals surface area contributed by atoms with Crippen LogP contribution in [0.25, 0.3) is 0 Å². The van der Waals surface area contributed by atoms with Crippen LogP contribution < -0.4 is 15.4 Å². The molecular formula is C22H31N3O3S. The number of hydrogen-bond acceptors (Lipinski definition) is 4. The second-order valence-electron chi connectivity index (χ2n) is 7.86. The van der Waals surface area contributed by atoms with E-state index < -0.39 is 15.3 Å². The van der Waals surface area contributed by atoms with Crippen LogP contribution in [0.1, 0.15) is 54.7 Å². The van der Waals surface area contributed by atoms with Gasteiger partial charge in [-0.1, -0.05) is 12.1 Å². The minimum atomic E-state index is -3.35. The molecule has 29 heavy (non-hydrogen) atoms. The number of sulfonamides is 1. The maximum absolute atomic E-state index is 12.5. The van der Waals surface area contributed by atoms with Crippen LogP contribution in [0, 0.1) is 13.8 Å². The molecule has 2 rings (SSSR count). The molecule has 0 radical (unpaired) electrons. The molecule has 0 aliphatic heterocycles. The Bertz CT molecular complexity index is 966. The van der Waals surface area contributed by atoms with Crippen molar-refractivity contribution in [3.05, 3.63) is 58.7 Å². The molecule has 158 valence electrons. The minimum absolute atomic E-state index is 0.0745. The SMILES string of the molecule is Cc1cc(NCc2ccc(NS(=O)(=O)C(C)C)cc2)c(C)c(C(=O)NC(C)C)c1. The van der Waals surface area contributed by atoms with E-state index in [1.165, 1.54) is 0 Å². The molecule has 0 aliphatic carbocycles. The van der Waals surface area contributed by atoms with Gasteiger partial charge in [0.2, 0.25) is 10.0 Å². The maximum atomic E-state index is 12.5. The van der Waals surface area contributed by atoms with E-state index >= 15 is 0 Å². The second-order valence-corrected chi connectivity index (χ2v) is 10.1. The Morgan fingerprint density at radius 3 is 2.17 bits per heavy atom. The van der Waals surface area contributed by atoms with Crippen molar-refractivity contribution < 1.29 is 13.2 Å². The third-order valence-corrected chi connectivity index (χ3v) is 6.30. The zero-order chi connectivity index (χ0) is 21.8. The molecule has 0 aromatic heterocycles. The summed E-state index contributed by atoms with van der Waals surface area (Å²) < 4.78 is 26.5. The predicted molar refractivity (Wildman–Crippen MR) is 120 cm³/mol. The monoisotopic (exact) mass is 417 g/mol. The number of rotatable bonds is 8. The van der Waals surface area contributed by atoms with Gasteiger partial charge in [0.05, 0.1) is 5.25 Å². The number of carbonyl (C=O) groups is 1. The fraction of sp³-hybridized carbons (Fsp3) is 0.409. The average molecular weight is 418 g/mol. The molecule has 0 saturated carbocycles. The van der Waals surface area contributed by atoms with Crippen LogP contribution in [-0.2, 0) is 16.6 Å². The van der Waals surface area contributed by atoms with Gasteiger partial charge >= 0.3 is 0 Å². The standard InChI is InChI=1S/C22H31N3O3S/c1-14(2)24-22(26)20-11-16(5)12-21(17(20)6)23-13-18-7-9-19(10-8-18)25-29(27,28)15(3)4/h7-12,14-15,23,25H,13H2,1-6H3,(H,24,26). The van der Waals surface area contributed by atoms with Crippen LogP contribution in [0.5, 0.6) is 0 Å². The molecule has 2 aromatic rings. The van der Waals surface area contributed by atoms with Gasteiger partial charge in [0.25, 0.3) is 5.91 Å². The van der Waals surface area contributed by atoms with Gasteiger partial charge in [0.15, 0.2) is 0 Å². The molecule has 0 fully saturated rings. The Balaban J connectivity index is 2.12. The highest BCUT2D eigenvalue weighted by atomic mass is 32.2. The summed E-state index contributed by atoms with van der Waals surface area (Å²) >= 11 is 0. The van der Waals surface area contributed by atoms with Crippen molar-refractivity contribution in [3.63, 3.8) is 0 Å².